The quantitative estimate of drug-likeness (QED) is 0.478. The second-order valence-corrected chi connectivity index (χ2v) is 7.63. The zero-order chi connectivity index (χ0) is 21.5. The summed E-state index contributed by atoms with van der Waals surface area (Å²) in [5.41, 5.74) is 4.05. The highest BCUT2D eigenvalue weighted by atomic mass is 19.1. The number of nitrogens with one attached hydrogen (secondary N) is 1. The third kappa shape index (κ3) is 3.17. The fourth-order valence-electron chi connectivity index (χ4n) is 4.26. The molecule has 1 unspecified atom stereocenters. The van der Waals surface area contributed by atoms with Crippen molar-refractivity contribution in [3.05, 3.63) is 101 Å². The van der Waals surface area contributed by atoms with Crippen LogP contribution in [0.5, 0.6) is 5.75 Å². The molecule has 1 amide bonds. The van der Waals surface area contributed by atoms with Crippen molar-refractivity contribution < 1.29 is 14.3 Å². The van der Waals surface area contributed by atoms with Gasteiger partial charge < -0.3 is 10.1 Å². The Kier molecular flexibility index (Phi) is 4.55. The first-order valence-corrected chi connectivity index (χ1v) is 10.1. The monoisotopic (exact) mass is 413 g/mol. The average molecular weight is 413 g/mol. The highest BCUT2D eigenvalue weighted by molar-refractivity contribution is 6.14. The fraction of sp³-hybridized carbons (Fsp3) is 0.120. The number of para-hydroxylation sites is 2. The maximum atomic E-state index is 14.7. The molecule has 5 nitrogen and oxygen atoms in total. The zero-order valence-corrected chi connectivity index (χ0v) is 16.8. The summed E-state index contributed by atoms with van der Waals surface area (Å²) in [6, 6.07) is 20.0. The first kappa shape index (κ1) is 19.1. The number of rotatable bonds is 3. The number of hydrogen-bond donors (Lipinski definition) is 2. The van der Waals surface area contributed by atoms with Gasteiger partial charge in [0.25, 0.3) is 5.91 Å². The highest BCUT2D eigenvalue weighted by Gasteiger charge is 2.37. The van der Waals surface area contributed by atoms with Crippen LogP contribution in [0.2, 0.25) is 0 Å². The van der Waals surface area contributed by atoms with Gasteiger partial charge in [-0.25, -0.2) is 9.40 Å². The predicted molar refractivity (Wildman–Crippen MR) is 118 cm³/mol. The number of phenolic OH excluding ortho intramolecular Hbond substituents is 1. The van der Waals surface area contributed by atoms with Crippen LogP contribution in [0.25, 0.3) is 10.9 Å². The topological polar surface area (TPSA) is 68.7 Å². The van der Waals surface area contributed by atoms with Gasteiger partial charge in [-0.3, -0.25) is 4.79 Å². The Morgan fingerprint density at radius 2 is 1.77 bits per heavy atom. The van der Waals surface area contributed by atoms with Crippen molar-refractivity contribution in [2.75, 3.05) is 0 Å². The number of nitrogens with zero attached hydrogens (tertiary/aromatic N) is 2. The van der Waals surface area contributed by atoms with Gasteiger partial charge in [0.15, 0.2) is 0 Å². The molecule has 154 valence electrons. The van der Waals surface area contributed by atoms with Crippen molar-refractivity contribution in [1.82, 2.24) is 9.99 Å². The molecule has 1 aliphatic heterocycles. The van der Waals surface area contributed by atoms with Crippen molar-refractivity contribution in [3.63, 3.8) is 0 Å². The van der Waals surface area contributed by atoms with E-state index in [1.54, 1.807) is 36.4 Å². The number of fused-ring (bicyclic) bond motifs is 1. The Balaban J connectivity index is 1.65. The Morgan fingerprint density at radius 1 is 1.06 bits per heavy atom. The molecular weight excluding hydrogens is 393 g/mol. The van der Waals surface area contributed by atoms with Gasteiger partial charge >= 0.3 is 0 Å². The molecule has 0 saturated carbocycles. The van der Waals surface area contributed by atoms with Crippen LogP contribution < -0.4 is 0 Å². The molecule has 1 aromatic heterocycles. The zero-order valence-electron chi connectivity index (χ0n) is 16.8. The van der Waals surface area contributed by atoms with Crippen LogP contribution in [0.3, 0.4) is 0 Å². The fourth-order valence-corrected chi connectivity index (χ4v) is 4.26. The molecular formula is C25H20FN3O2. The van der Waals surface area contributed by atoms with E-state index in [1.807, 2.05) is 31.2 Å². The van der Waals surface area contributed by atoms with Crippen LogP contribution in [0, 0.1) is 12.7 Å². The Morgan fingerprint density at radius 3 is 2.58 bits per heavy atom. The van der Waals surface area contributed by atoms with Crippen LogP contribution in [0.1, 0.15) is 39.6 Å². The van der Waals surface area contributed by atoms with Crippen molar-refractivity contribution in [1.29, 1.82) is 0 Å². The number of hydrazone groups is 1. The number of carbonyl (C=O) groups is 1. The van der Waals surface area contributed by atoms with Gasteiger partial charge in [0.2, 0.25) is 0 Å². The molecule has 1 aliphatic rings. The van der Waals surface area contributed by atoms with E-state index in [1.165, 1.54) is 17.1 Å². The number of H-pyrrole nitrogens is 1. The van der Waals surface area contributed by atoms with Gasteiger partial charge in [-0.2, -0.15) is 5.10 Å². The van der Waals surface area contributed by atoms with Gasteiger partial charge in [-0.15, -0.1) is 0 Å². The number of benzene rings is 3. The lowest BCUT2D eigenvalue weighted by molar-refractivity contribution is 0.0705. The molecule has 5 rings (SSSR count). The van der Waals surface area contributed by atoms with Crippen LogP contribution in [-0.2, 0) is 0 Å². The summed E-state index contributed by atoms with van der Waals surface area (Å²) in [7, 11) is 0. The first-order valence-electron chi connectivity index (χ1n) is 10.1. The number of aryl methyl sites for hydroxylation is 1. The lowest BCUT2D eigenvalue weighted by Gasteiger charge is -2.22. The van der Waals surface area contributed by atoms with Gasteiger partial charge in [0.05, 0.1) is 17.3 Å². The van der Waals surface area contributed by atoms with E-state index in [0.717, 1.165) is 22.2 Å². The number of aromatic hydroxyl groups is 1. The van der Waals surface area contributed by atoms with Crippen LogP contribution in [0.4, 0.5) is 4.39 Å². The summed E-state index contributed by atoms with van der Waals surface area (Å²) < 4.78 is 14.7. The molecule has 0 spiro atoms. The number of carbonyl (C=O) groups excluding carboxylic acids is 1. The summed E-state index contributed by atoms with van der Waals surface area (Å²) in [5, 5.41) is 17.2. The SMILES string of the molecule is Cc1[nH]c2ccccc2c1C1=NN(C(=O)c2ccccc2O)C(c2ccccc2F)C1. The molecule has 6 heteroatoms. The minimum atomic E-state index is -0.614. The standard InChI is InChI=1S/C25H20FN3O2/c1-15-24(17-9-3-6-12-20(17)27-15)21-14-22(16-8-2-5-11-19(16)26)29(28-21)25(31)18-10-4-7-13-23(18)30/h2-13,22,27,30H,14H2,1H3. The van der Waals surface area contributed by atoms with Crippen molar-refractivity contribution >= 4 is 22.5 Å². The van der Waals surface area contributed by atoms with Gasteiger partial charge in [0.1, 0.15) is 11.6 Å². The molecule has 0 fully saturated rings. The second-order valence-electron chi connectivity index (χ2n) is 7.63. The lowest BCUT2D eigenvalue weighted by atomic mass is 9.96. The van der Waals surface area contributed by atoms with Crippen molar-refractivity contribution in [3.8, 4) is 5.75 Å². The largest absolute Gasteiger partial charge is 0.507 e. The number of aromatic nitrogens is 1. The van der Waals surface area contributed by atoms with Crippen molar-refractivity contribution in [2.45, 2.75) is 19.4 Å². The third-order valence-corrected chi connectivity index (χ3v) is 5.70. The lowest BCUT2D eigenvalue weighted by Crippen LogP contribution is -2.27. The summed E-state index contributed by atoms with van der Waals surface area (Å²) in [4.78, 5) is 16.7. The van der Waals surface area contributed by atoms with E-state index in [-0.39, 0.29) is 11.3 Å². The number of phenols is 1. The van der Waals surface area contributed by atoms with E-state index in [0.29, 0.717) is 17.7 Å². The molecule has 0 radical (unpaired) electrons. The predicted octanol–water partition coefficient (Wildman–Crippen LogP) is 5.31. The molecule has 4 aromatic rings. The second kappa shape index (κ2) is 7.40. The Labute approximate surface area is 178 Å². The summed E-state index contributed by atoms with van der Waals surface area (Å²) in [6.45, 7) is 1.96. The van der Waals surface area contributed by atoms with Crippen LogP contribution in [-0.4, -0.2) is 26.7 Å². The van der Waals surface area contributed by atoms with Gasteiger partial charge in [-0.1, -0.05) is 48.5 Å². The van der Waals surface area contributed by atoms with Crippen LogP contribution in [0.15, 0.2) is 77.9 Å². The minimum absolute atomic E-state index is 0.129. The molecule has 0 saturated heterocycles. The first-order chi connectivity index (χ1) is 15.0. The minimum Gasteiger partial charge on any atom is -0.507 e. The summed E-state index contributed by atoms with van der Waals surface area (Å²) >= 11 is 0. The van der Waals surface area contributed by atoms with E-state index in [4.69, 9.17) is 0 Å². The molecule has 0 bridgehead atoms. The van der Waals surface area contributed by atoms with Gasteiger partial charge in [0, 0.05) is 34.1 Å². The van der Waals surface area contributed by atoms with E-state index in [2.05, 4.69) is 10.1 Å². The van der Waals surface area contributed by atoms with E-state index < -0.39 is 17.8 Å². The highest BCUT2D eigenvalue weighted by Crippen LogP contribution is 2.38. The normalized spacial score (nSPS) is 16.0. The van der Waals surface area contributed by atoms with Crippen molar-refractivity contribution in [2.24, 2.45) is 5.10 Å². The van der Waals surface area contributed by atoms with E-state index >= 15 is 0 Å². The number of hydrogen-bond acceptors (Lipinski definition) is 3. The van der Waals surface area contributed by atoms with Crippen LogP contribution >= 0.6 is 0 Å². The molecule has 3 aromatic carbocycles. The smallest absolute Gasteiger partial charge is 0.278 e. The molecule has 0 aliphatic carbocycles. The molecule has 1 atom stereocenters. The Hall–Kier alpha value is -3.93. The summed E-state index contributed by atoms with van der Waals surface area (Å²) in [5.74, 6) is -1.000. The molecule has 2 N–H and O–H groups in total. The molecule has 2 heterocycles. The molecule has 31 heavy (non-hydrogen) atoms. The third-order valence-electron chi connectivity index (χ3n) is 5.70. The maximum Gasteiger partial charge on any atom is 0.278 e. The summed E-state index contributed by atoms with van der Waals surface area (Å²) in [6.07, 6.45) is 0.364. The number of amides is 1. The van der Waals surface area contributed by atoms with E-state index in [9.17, 15) is 14.3 Å². The average Bonchev–Trinajstić information content (AvgIpc) is 3.34. The Bertz CT molecular complexity index is 1340. The number of aromatic amines is 1. The number of halogens is 1. The maximum absolute atomic E-state index is 14.7. The van der Waals surface area contributed by atoms with Gasteiger partial charge in [-0.05, 0) is 31.2 Å².